The molecule has 2 heterocycles. The molecule has 1 aliphatic rings. The van der Waals surface area contributed by atoms with Crippen molar-refractivity contribution in [2.24, 2.45) is 0 Å². The summed E-state index contributed by atoms with van der Waals surface area (Å²) in [6.07, 6.45) is 2.49. The van der Waals surface area contributed by atoms with E-state index in [1.54, 1.807) is 4.90 Å². The van der Waals surface area contributed by atoms with Crippen LogP contribution in [0.15, 0.2) is 53.1 Å². The van der Waals surface area contributed by atoms with Crippen molar-refractivity contribution in [2.45, 2.75) is 38.6 Å². The number of rotatable bonds is 8. The number of carbonyl (C=O) groups excluding carboxylic acids is 1. The summed E-state index contributed by atoms with van der Waals surface area (Å²) in [4.78, 5) is 18.8. The van der Waals surface area contributed by atoms with E-state index in [0.717, 1.165) is 29.7 Å². The lowest BCUT2D eigenvalue weighted by Crippen LogP contribution is -2.24. The third-order valence-electron chi connectivity index (χ3n) is 5.20. The lowest BCUT2D eigenvalue weighted by Gasteiger charge is -2.16. The third kappa shape index (κ3) is 4.65. The van der Waals surface area contributed by atoms with Gasteiger partial charge in [0.2, 0.25) is 17.6 Å². The van der Waals surface area contributed by atoms with Crippen molar-refractivity contribution >= 4 is 17.5 Å². The van der Waals surface area contributed by atoms with Crippen molar-refractivity contribution in [3.8, 4) is 17.1 Å². The van der Waals surface area contributed by atoms with Gasteiger partial charge in [-0.2, -0.15) is 4.98 Å². The summed E-state index contributed by atoms with van der Waals surface area (Å²) in [5.41, 5.74) is 1.78. The monoisotopic (exact) mass is 425 g/mol. The van der Waals surface area contributed by atoms with Crippen molar-refractivity contribution in [1.29, 1.82) is 0 Å². The molecule has 1 aliphatic heterocycles. The number of hydrogen-bond acceptors (Lipinski definition) is 5. The first-order valence-corrected chi connectivity index (χ1v) is 10.6. The lowest BCUT2D eigenvalue weighted by atomic mass is 10.1. The Hall–Kier alpha value is -2.86. The summed E-state index contributed by atoms with van der Waals surface area (Å²) in [7, 11) is 0. The molecule has 1 amide bonds. The topological polar surface area (TPSA) is 68.5 Å². The molecule has 1 unspecified atom stereocenters. The maximum absolute atomic E-state index is 12.5. The molecule has 4 rings (SSSR count). The van der Waals surface area contributed by atoms with Gasteiger partial charge in [0.25, 0.3) is 0 Å². The molecule has 0 radical (unpaired) electrons. The molecule has 3 aromatic rings. The highest BCUT2D eigenvalue weighted by Crippen LogP contribution is 2.31. The van der Waals surface area contributed by atoms with Crippen LogP contribution in [-0.2, 0) is 11.3 Å². The molecule has 0 spiro atoms. The van der Waals surface area contributed by atoms with Gasteiger partial charge in [0.05, 0.1) is 12.5 Å². The Morgan fingerprint density at radius 3 is 2.77 bits per heavy atom. The highest BCUT2D eigenvalue weighted by atomic mass is 35.5. The summed E-state index contributed by atoms with van der Waals surface area (Å²) in [6, 6.07) is 15.2. The molecule has 0 aliphatic carbocycles. The molecule has 2 aromatic carbocycles. The van der Waals surface area contributed by atoms with E-state index < -0.39 is 0 Å². The molecule has 1 saturated heterocycles. The van der Waals surface area contributed by atoms with Gasteiger partial charge in [0.1, 0.15) is 5.75 Å². The van der Waals surface area contributed by atoms with E-state index in [1.807, 2.05) is 48.5 Å². The fourth-order valence-corrected chi connectivity index (χ4v) is 3.67. The molecule has 0 N–H and O–H groups in total. The Kier molecular flexibility index (Phi) is 6.33. The Morgan fingerprint density at radius 2 is 2.00 bits per heavy atom. The minimum absolute atomic E-state index is 0.0632. The van der Waals surface area contributed by atoms with E-state index >= 15 is 0 Å². The quantitative estimate of drug-likeness (QED) is 0.470. The van der Waals surface area contributed by atoms with Gasteiger partial charge in [0, 0.05) is 30.1 Å². The molecule has 0 bridgehead atoms. The van der Waals surface area contributed by atoms with Crippen molar-refractivity contribution in [3.05, 3.63) is 65.0 Å². The summed E-state index contributed by atoms with van der Waals surface area (Å²) in [5, 5.41) is 4.77. The highest BCUT2D eigenvalue weighted by molar-refractivity contribution is 6.31. The SMILES string of the molecule is CCCCOc1ccc(-c2noc(C3CC(=O)N(Cc4ccccc4Cl)C3)n2)cc1. The largest absolute Gasteiger partial charge is 0.494 e. The van der Waals surface area contributed by atoms with Crippen molar-refractivity contribution < 1.29 is 14.1 Å². The average Bonchev–Trinajstić information content (AvgIpc) is 3.38. The zero-order valence-corrected chi connectivity index (χ0v) is 17.6. The predicted molar refractivity (Wildman–Crippen MR) is 114 cm³/mol. The van der Waals surface area contributed by atoms with Crippen molar-refractivity contribution in [2.75, 3.05) is 13.2 Å². The van der Waals surface area contributed by atoms with Gasteiger partial charge in [-0.05, 0) is 42.3 Å². The van der Waals surface area contributed by atoms with Crippen LogP contribution in [-0.4, -0.2) is 34.1 Å². The van der Waals surface area contributed by atoms with Crippen LogP contribution < -0.4 is 4.74 Å². The number of halogens is 1. The Bertz CT molecular complexity index is 1000. The normalized spacial score (nSPS) is 16.3. The third-order valence-corrected chi connectivity index (χ3v) is 5.57. The summed E-state index contributed by atoms with van der Waals surface area (Å²) in [6.45, 7) is 3.86. The Morgan fingerprint density at radius 1 is 1.20 bits per heavy atom. The summed E-state index contributed by atoms with van der Waals surface area (Å²) < 4.78 is 11.2. The number of benzene rings is 2. The van der Waals surface area contributed by atoms with Gasteiger partial charge in [-0.15, -0.1) is 0 Å². The second-order valence-corrected chi connectivity index (χ2v) is 7.86. The molecule has 0 saturated carbocycles. The molecule has 156 valence electrons. The first kappa shape index (κ1) is 20.4. The highest BCUT2D eigenvalue weighted by Gasteiger charge is 2.34. The van der Waals surface area contributed by atoms with Crippen LogP contribution in [0.3, 0.4) is 0 Å². The van der Waals surface area contributed by atoms with Crippen LogP contribution in [0.1, 0.15) is 43.6 Å². The van der Waals surface area contributed by atoms with Gasteiger partial charge in [-0.1, -0.05) is 48.3 Å². The number of amides is 1. The van der Waals surface area contributed by atoms with Crippen LogP contribution in [0, 0.1) is 0 Å². The molecule has 1 atom stereocenters. The number of ether oxygens (including phenoxy) is 1. The fraction of sp³-hybridized carbons (Fsp3) is 0.348. The van der Waals surface area contributed by atoms with Gasteiger partial charge in [-0.25, -0.2) is 0 Å². The molecule has 30 heavy (non-hydrogen) atoms. The van der Waals surface area contributed by atoms with Crippen molar-refractivity contribution in [1.82, 2.24) is 15.0 Å². The fourth-order valence-electron chi connectivity index (χ4n) is 3.48. The van der Waals surface area contributed by atoms with Gasteiger partial charge in [-0.3, -0.25) is 4.79 Å². The summed E-state index contributed by atoms with van der Waals surface area (Å²) >= 11 is 6.23. The second-order valence-electron chi connectivity index (χ2n) is 7.45. The molecule has 7 heteroatoms. The number of likely N-dealkylation sites (tertiary alicyclic amines) is 1. The first-order chi connectivity index (χ1) is 14.6. The minimum Gasteiger partial charge on any atom is -0.494 e. The number of hydrogen-bond donors (Lipinski definition) is 0. The standard InChI is InChI=1S/C23H24ClN3O3/c1-2-3-12-29-19-10-8-16(9-11-19)22-25-23(30-26-22)18-13-21(28)27(15-18)14-17-6-4-5-7-20(17)24/h4-11,18H,2-3,12-15H2,1H3. The molecule has 1 aromatic heterocycles. The Labute approximate surface area is 180 Å². The maximum Gasteiger partial charge on any atom is 0.232 e. The zero-order valence-electron chi connectivity index (χ0n) is 16.9. The molecule has 1 fully saturated rings. The average molecular weight is 426 g/mol. The van der Waals surface area contributed by atoms with E-state index in [0.29, 0.717) is 42.9 Å². The van der Waals surface area contributed by atoms with E-state index in [4.69, 9.17) is 20.9 Å². The van der Waals surface area contributed by atoms with E-state index in [-0.39, 0.29) is 11.8 Å². The van der Waals surface area contributed by atoms with Crippen LogP contribution in [0.2, 0.25) is 5.02 Å². The van der Waals surface area contributed by atoms with Crippen LogP contribution in [0.4, 0.5) is 0 Å². The predicted octanol–water partition coefficient (Wildman–Crippen LogP) is 5.09. The van der Waals surface area contributed by atoms with Gasteiger partial charge in [0.15, 0.2) is 0 Å². The van der Waals surface area contributed by atoms with Crippen LogP contribution in [0.25, 0.3) is 11.4 Å². The van der Waals surface area contributed by atoms with Gasteiger partial charge >= 0.3 is 0 Å². The van der Waals surface area contributed by atoms with Crippen molar-refractivity contribution in [3.63, 3.8) is 0 Å². The second kappa shape index (κ2) is 9.30. The number of carbonyl (C=O) groups is 1. The van der Waals surface area contributed by atoms with E-state index in [9.17, 15) is 4.79 Å². The van der Waals surface area contributed by atoms with E-state index in [1.165, 1.54) is 0 Å². The van der Waals surface area contributed by atoms with Crippen LogP contribution >= 0.6 is 11.6 Å². The maximum atomic E-state index is 12.5. The van der Waals surface area contributed by atoms with Gasteiger partial charge < -0.3 is 14.2 Å². The number of aromatic nitrogens is 2. The lowest BCUT2D eigenvalue weighted by molar-refractivity contribution is -0.128. The minimum atomic E-state index is -0.113. The summed E-state index contributed by atoms with van der Waals surface area (Å²) in [5.74, 6) is 1.78. The van der Waals surface area contributed by atoms with E-state index in [2.05, 4.69) is 17.1 Å². The smallest absolute Gasteiger partial charge is 0.232 e. The molecular weight excluding hydrogens is 402 g/mol. The number of unbranched alkanes of at least 4 members (excludes halogenated alkanes) is 1. The first-order valence-electron chi connectivity index (χ1n) is 10.2. The number of nitrogens with zero attached hydrogens (tertiary/aromatic N) is 3. The molecular formula is C23H24ClN3O3. The Balaban J connectivity index is 1.40. The van der Waals surface area contributed by atoms with Crippen LogP contribution in [0.5, 0.6) is 5.75 Å². The molecule has 6 nitrogen and oxygen atoms in total. The zero-order chi connectivity index (χ0) is 20.9.